The van der Waals surface area contributed by atoms with Crippen LogP contribution in [0.4, 0.5) is 5.82 Å². The van der Waals surface area contributed by atoms with Crippen LogP contribution in [-0.2, 0) is 6.54 Å². The van der Waals surface area contributed by atoms with E-state index in [9.17, 15) is 0 Å². The molecule has 12 heavy (non-hydrogen) atoms. The van der Waals surface area contributed by atoms with Gasteiger partial charge in [-0.05, 0) is 12.5 Å². The quantitative estimate of drug-likeness (QED) is 0.685. The van der Waals surface area contributed by atoms with E-state index < -0.39 is 0 Å². The average molecular weight is 163 g/mol. The van der Waals surface area contributed by atoms with E-state index in [0.29, 0.717) is 5.82 Å². The molecule has 0 amide bonds. The molecule has 0 aliphatic heterocycles. The summed E-state index contributed by atoms with van der Waals surface area (Å²) in [5, 5.41) is 4.04. The highest BCUT2D eigenvalue weighted by atomic mass is 15.3. The van der Waals surface area contributed by atoms with Crippen LogP contribution in [0, 0.1) is 0 Å². The van der Waals surface area contributed by atoms with Crippen molar-refractivity contribution in [3.63, 3.8) is 0 Å². The molecule has 1 aromatic heterocycles. The number of nitrogens with two attached hydrogens (primary N) is 1. The van der Waals surface area contributed by atoms with Gasteiger partial charge in [-0.25, -0.2) is 0 Å². The van der Waals surface area contributed by atoms with E-state index in [1.54, 1.807) is 12.1 Å². The molecule has 1 rings (SSSR count). The molecule has 64 valence electrons. The maximum atomic E-state index is 5.44. The number of anilines is 1. The summed E-state index contributed by atoms with van der Waals surface area (Å²) in [6.07, 6.45) is 8.55. The van der Waals surface area contributed by atoms with Gasteiger partial charge in [0.2, 0.25) is 0 Å². The smallest absolute Gasteiger partial charge is 0.145 e. The number of nitrogen functional groups attached to an aromatic ring is 1. The van der Waals surface area contributed by atoms with Crippen LogP contribution in [0.5, 0.6) is 0 Å². The predicted octanol–water partition coefficient (Wildman–Crippen LogP) is 1.60. The van der Waals surface area contributed by atoms with Crippen molar-refractivity contribution in [3.8, 4) is 0 Å². The van der Waals surface area contributed by atoms with Crippen LogP contribution < -0.4 is 5.73 Å². The highest BCUT2D eigenvalue weighted by molar-refractivity contribution is 5.23. The summed E-state index contributed by atoms with van der Waals surface area (Å²) < 4.78 is 1.82. The van der Waals surface area contributed by atoms with Crippen LogP contribution in [-0.4, -0.2) is 9.78 Å². The van der Waals surface area contributed by atoms with Crippen molar-refractivity contribution < 1.29 is 0 Å². The topological polar surface area (TPSA) is 43.8 Å². The summed E-state index contributed by atoms with van der Waals surface area (Å²) in [4.78, 5) is 0. The first-order valence-corrected chi connectivity index (χ1v) is 3.89. The third-order valence-corrected chi connectivity index (χ3v) is 1.46. The molecule has 0 saturated heterocycles. The maximum Gasteiger partial charge on any atom is 0.145 e. The lowest BCUT2D eigenvalue weighted by Gasteiger charge is -1.95. The van der Waals surface area contributed by atoms with Crippen LogP contribution in [0.1, 0.15) is 6.42 Å². The fourth-order valence-electron chi connectivity index (χ4n) is 0.901. The number of aromatic nitrogens is 2. The molecule has 3 nitrogen and oxygen atoms in total. The number of nitrogens with zero attached hydrogens (tertiary/aromatic N) is 2. The van der Waals surface area contributed by atoms with Crippen LogP contribution in [0.3, 0.4) is 0 Å². The Morgan fingerprint density at radius 1 is 1.67 bits per heavy atom. The van der Waals surface area contributed by atoms with E-state index in [1.807, 2.05) is 23.0 Å². The second kappa shape index (κ2) is 4.38. The molecular formula is C9H13N3. The largest absolute Gasteiger partial charge is 0.382 e. The standard InChI is InChI=1S/C9H13N3/c1-2-3-4-5-7-12-8-6-9(10)11-12/h2-4,6,8H,1,5,7H2,(H2,10,11)/b4-3+. The summed E-state index contributed by atoms with van der Waals surface area (Å²) >= 11 is 0. The zero-order valence-corrected chi connectivity index (χ0v) is 6.98. The van der Waals surface area contributed by atoms with E-state index in [0.717, 1.165) is 13.0 Å². The van der Waals surface area contributed by atoms with Crippen molar-refractivity contribution in [2.24, 2.45) is 0 Å². The van der Waals surface area contributed by atoms with Crippen molar-refractivity contribution in [1.29, 1.82) is 0 Å². The molecule has 0 fully saturated rings. The van der Waals surface area contributed by atoms with Gasteiger partial charge in [0.25, 0.3) is 0 Å². The number of hydrogen-bond acceptors (Lipinski definition) is 2. The van der Waals surface area contributed by atoms with Gasteiger partial charge < -0.3 is 5.73 Å². The minimum absolute atomic E-state index is 0.572. The Hall–Kier alpha value is -1.51. The third-order valence-electron chi connectivity index (χ3n) is 1.46. The Kier molecular flexibility index (Phi) is 3.14. The Labute approximate surface area is 72.2 Å². The van der Waals surface area contributed by atoms with Gasteiger partial charge in [0.15, 0.2) is 0 Å². The van der Waals surface area contributed by atoms with Gasteiger partial charge in [-0.1, -0.05) is 24.8 Å². The first kappa shape index (κ1) is 8.59. The summed E-state index contributed by atoms with van der Waals surface area (Å²) in [7, 11) is 0. The number of hydrogen-bond donors (Lipinski definition) is 1. The number of aryl methyl sites for hydroxylation is 1. The van der Waals surface area contributed by atoms with Gasteiger partial charge in [-0.2, -0.15) is 5.10 Å². The van der Waals surface area contributed by atoms with Gasteiger partial charge in [0, 0.05) is 12.7 Å². The minimum atomic E-state index is 0.572. The van der Waals surface area contributed by atoms with Crippen molar-refractivity contribution in [1.82, 2.24) is 9.78 Å². The summed E-state index contributed by atoms with van der Waals surface area (Å²) in [5.74, 6) is 0.572. The van der Waals surface area contributed by atoms with E-state index in [-0.39, 0.29) is 0 Å². The minimum Gasteiger partial charge on any atom is -0.382 e. The zero-order valence-electron chi connectivity index (χ0n) is 6.98. The summed E-state index contributed by atoms with van der Waals surface area (Å²) in [5.41, 5.74) is 5.44. The molecule has 0 radical (unpaired) electrons. The molecule has 1 heterocycles. The molecule has 2 N–H and O–H groups in total. The highest BCUT2D eigenvalue weighted by Gasteiger charge is 1.90. The molecule has 0 bridgehead atoms. The Bertz CT molecular complexity index is 273. The van der Waals surface area contributed by atoms with Crippen molar-refractivity contribution in [2.45, 2.75) is 13.0 Å². The second-order valence-electron chi connectivity index (χ2n) is 2.46. The van der Waals surface area contributed by atoms with E-state index >= 15 is 0 Å². The molecule has 0 aliphatic carbocycles. The fraction of sp³-hybridized carbons (Fsp3) is 0.222. The lowest BCUT2D eigenvalue weighted by molar-refractivity contribution is 0.626. The number of rotatable bonds is 4. The summed E-state index contributed by atoms with van der Waals surface area (Å²) in [6.45, 7) is 4.44. The molecule has 3 heteroatoms. The molecule has 0 atom stereocenters. The molecule has 0 saturated carbocycles. The van der Waals surface area contributed by atoms with Crippen molar-refractivity contribution in [3.05, 3.63) is 37.1 Å². The Morgan fingerprint density at radius 2 is 2.50 bits per heavy atom. The van der Waals surface area contributed by atoms with Gasteiger partial charge in [-0.3, -0.25) is 4.68 Å². The van der Waals surface area contributed by atoms with Crippen LogP contribution in [0.2, 0.25) is 0 Å². The molecule has 1 aromatic rings. The van der Waals surface area contributed by atoms with E-state index in [2.05, 4.69) is 11.7 Å². The Morgan fingerprint density at radius 3 is 3.08 bits per heavy atom. The SMILES string of the molecule is C=C/C=C/CCn1ccc(N)n1. The normalized spacial score (nSPS) is 10.7. The highest BCUT2D eigenvalue weighted by Crippen LogP contribution is 1.97. The van der Waals surface area contributed by atoms with Crippen molar-refractivity contribution in [2.75, 3.05) is 5.73 Å². The molecule has 0 unspecified atom stereocenters. The van der Waals surface area contributed by atoms with Crippen LogP contribution in [0.25, 0.3) is 0 Å². The van der Waals surface area contributed by atoms with Gasteiger partial charge >= 0.3 is 0 Å². The lowest BCUT2D eigenvalue weighted by Crippen LogP contribution is -1.98. The van der Waals surface area contributed by atoms with Gasteiger partial charge in [-0.15, -0.1) is 0 Å². The predicted molar refractivity (Wildman–Crippen MR) is 50.6 cm³/mol. The summed E-state index contributed by atoms with van der Waals surface area (Å²) in [6, 6.07) is 1.79. The first-order chi connectivity index (χ1) is 5.83. The molecule has 0 aliphatic rings. The van der Waals surface area contributed by atoms with Crippen LogP contribution in [0.15, 0.2) is 37.1 Å². The van der Waals surface area contributed by atoms with Crippen LogP contribution >= 0.6 is 0 Å². The second-order valence-corrected chi connectivity index (χ2v) is 2.46. The molecule has 0 spiro atoms. The Balaban J connectivity index is 2.33. The molecule has 0 aromatic carbocycles. The first-order valence-electron chi connectivity index (χ1n) is 3.89. The van der Waals surface area contributed by atoms with E-state index in [4.69, 9.17) is 5.73 Å². The molecular weight excluding hydrogens is 150 g/mol. The van der Waals surface area contributed by atoms with E-state index in [1.165, 1.54) is 0 Å². The third kappa shape index (κ3) is 2.62. The number of allylic oxidation sites excluding steroid dienone is 3. The fourth-order valence-corrected chi connectivity index (χ4v) is 0.901. The average Bonchev–Trinajstić information content (AvgIpc) is 2.45. The maximum absolute atomic E-state index is 5.44. The van der Waals surface area contributed by atoms with Gasteiger partial charge in [0.05, 0.1) is 0 Å². The van der Waals surface area contributed by atoms with Gasteiger partial charge in [0.1, 0.15) is 5.82 Å². The monoisotopic (exact) mass is 163 g/mol. The lowest BCUT2D eigenvalue weighted by atomic mass is 10.4. The van der Waals surface area contributed by atoms with Crippen molar-refractivity contribution >= 4 is 5.82 Å². The zero-order chi connectivity index (χ0) is 8.81.